The van der Waals surface area contributed by atoms with Crippen molar-refractivity contribution < 1.29 is 32.7 Å². The van der Waals surface area contributed by atoms with Gasteiger partial charge in [0.1, 0.15) is 16.3 Å². The third-order valence-electron chi connectivity index (χ3n) is 0.733. The standard InChI is InChI=1S/C6H5F.Al.2ClH.Mg.H3OSi.2H/c7-6-4-2-1-3-5-6;;;;;1-2;;/h1-5H;;2*1H;;2H3;;/q;+1;;;+2;-1;;/p-2. The Balaban J connectivity index is -0.0000000615. The summed E-state index contributed by atoms with van der Waals surface area (Å²) >= 11 is 0.931. The first-order valence-electron chi connectivity index (χ1n) is 2.92. The van der Waals surface area contributed by atoms with Crippen LogP contribution in [0.15, 0.2) is 30.3 Å². The molecule has 0 bridgehead atoms. The predicted molar refractivity (Wildman–Crippen MR) is 51.7 cm³/mol. The van der Waals surface area contributed by atoms with Crippen LogP contribution in [0.25, 0.3) is 0 Å². The first-order chi connectivity index (χ1) is 4.81. The zero-order valence-electron chi connectivity index (χ0n) is 7.64. The summed E-state index contributed by atoms with van der Waals surface area (Å²) in [6, 6.07) is 7.94. The largest absolute Gasteiger partial charge is 2.00 e. The molecule has 0 aliphatic rings. The van der Waals surface area contributed by atoms with E-state index in [0.717, 1.165) is 27.1 Å². The van der Waals surface area contributed by atoms with E-state index >= 15 is 0 Å². The van der Waals surface area contributed by atoms with Crippen LogP contribution in [0.2, 0.25) is 0 Å². The molecule has 0 N–H and O–H groups in total. The topological polar surface area (TPSA) is 9.23 Å². The molecule has 0 radical (unpaired) electrons. The van der Waals surface area contributed by atoms with Gasteiger partial charge in [-0.25, -0.2) is 4.39 Å². The van der Waals surface area contributed by atoms with Gasteiger partial charge >= 0.3 is 39.7 Å². The molecule has 0 saturated carbocycles. The maximum absolute atomic E-state index is 11.9. The summed E-state index contributed by atoms with van der Waals surface area (Å²) in [5.41, 5.74) is 0. The van der Waals surface area contributed by atoms with E-state index in [1.54, 1.807) is 18.2 Å². The summed E-state index contributed by atoms with van der Waals surface area (Å²) in [6.45, 7) is 0. The SMILES string of the molecule is Fc1ccccc1.[AlH2][O][SiH3].[Cl-].[Cl-].[Mg+2]. The Morgan fingerprint density at radius 2 is 1.46 bits per heavy atom. The summed E-state index contributed by atoms with van der Waals surface area (Å²) in [7, 11) is 0.931. The molecule has 0 aromatic heterocycles. The van der Waals surface area contributed by atoms with E-state index in [1.807, 2.05) is 0 Å². The van der Waals surface area contributed by atoms with E-state index in [-0.39, 0.29) is 53.7 Å². The van der Waals surface area contributed by atoms with E-state index in [2.05, 4.69) is 3.48 Å². The van der Waals surface area contributed by atoms with Crippen LogP contribution in [-0.2, 0) is 3.48 Å². The quantitative estimate of drug-likeness (QED) is 0.425. The molecular weight excluding hydrogens is 257 g/mol. The van der Waals surface area contributed by atoms with Crippen molar-refractivity contribution in [1.29, 1.82) is 0 Å². The molecule has 1 rings (SSSR count). The first-order valence-corrected chi connectivity index (χ1v) is 4.55. The van der Waals surface area contributed by atoms with Gasteiger partial charge in [-0.1, -0.05) is 18.2 Å². The Bertz CT molecular complexity index is 172. The molecule has 0 aliphatic carbocycles. The summed E-state index contributed by atoms with van der Waals surface area (Å²) < 4.78 is 16.4. The Morgan fingerprint density at radius 1 is 1.15 bits per heavy atom. The van der Waals surface area contributed by atoms with Gasteiger partial charge in [0.05, 0.1) is 0 Å². The molecule has 1 nitrogen and oxygen atoms in total. The fraction of sp³-hybridized carbons (Fsp3) is 0. The number of rotatable bonds is 0. The fourth-order valence-corrected chi connectivity index (χ4v) is 0.415. The molecule has 0 amide bonds. The Hall–Kier alpha value is 1.21. The molecule has 0 atom stereocenters. The van der Waals surface area contributed by atoms with Crippen molar-refractivity contribution in [2.24, 2.45) is 0 Å². The fourth-order valence-electron chi connectivity index (χ4n) is 0.415. The van der Waals surface area contributed by atoms with Crippen molar-refractivity contribution in [2.45, 2.75) is 0 Å². The first kappa shape index (κ1) is 23.8. The smallest absolute Gasteiger partial charge is 1.00 e. The van der Waals surface area contributed by atoms with Gasteiger partial charge in [0.2, 0.25) is 0 Å². The van der Waals surface area contributed by atoms with Crippen LogP contribution in [0.5, 0.6) is 0 Å². The van der Waals surface area contributed by atoms with Crippen molar-refractivity contribution in [2.75, 3.05) is 0 Å². The van der Waals surface area contributed by atoms with Gasteiger partial charge in [0.25, 0.3) is 0 Å². The molecule has 1 aromatic carbocycles. The van der Waals surface area contributed by atoms with Gasteiger partial charge in [-0.05, 0) is 12.1 Å². The molecule has 13 heavy (non-hydrogen) atoms. The molecular formula is C6H10AlCl2FMgOSi. The monoisotopic (exact) mass is 266 g/mol. The Labute approximate surface area is 118 Å². The summed E-state index contributed by atoms with van der Waals surface area (Å²) in [4.78, 5) is 0. The molecule has 70 valence electrons. The van der Waals surface area contributed by atoms with Crippen molar-refractivity contribution in [3.63, 3.8) is 0 Å². The van der Waals surface area contributed by atoms with Crippen molar-refractivity contribution >= 4 is 50.2 Å². The average molecular weight is 267 g/mol. The predicted octanol–water partition coefficient (Wildman–Crippen LogP) is -6.72. The van der Waals surface area contributed by atoms with Gasteiger partial charge < -0.3 is 28.3 Å². The van der Waals surface area contributed by atoms with Crippen LogP contribution in [0, 0.1) is 5.82 Å². The van der Waals surface area contributed by atoms with Gasteiger partial charge in [0.15, 0.2) is 0 Å². The molecule has 0 fully saturated rings. The van der Waals surface area contributed by atoms with Crippen LogP contribution in [0.3, 0.4) is 0 Å². The van der Waals surface area contributed by atoms with Gasteiger partial charge in [-0.3, -0.25) is 0 Å². The van der Waals surface area contributed by atoms with E-state index < -0.39 is 0 Å². The average Bonchev–Trinajstić information content (AvgIpc) is 1.91. The van der Waals surface area contributed by atoms with Crippen LogP contribution in [-0.4, -0.2) is 50.2 Å². The van der Waals surface area contributed by atoms with E-state index in [1.165, 1.54) is 12.1 Å². The second kappa shape index (κ2) is 18.9. The van der Waals surface area contributed by atoms with Crippen LogP contribution in [0.1, 0.15) is 0 Å². The molecule has 0 saturated heterocycles. The minimum absolute atomic E-state index is 0. The molecule has 0 unspecified atom stereocenters. The van der Waals surface area contributed by atoms with E-state index in [0.29, 0.717) is 0 Å². The van der Waals surface area contributed by atoms with Gasteiger partial charge in [-0.2, -0.15) is 0 Å². The van der Waals surface area contributed by atoms with Gasteiger partial charge in [0, 0.05) is 0 Å². The number of hydrogen-bond donors (Lipinski definition) is 0. The number of benzene rings is 1. The molecule has 0 spiro atoms. The Morgan fingerprint density at radius 3 is 1.62 bits per heavy atom. The maximum Gasteiger partial charge on any atom is 2.00 e. The third-order valence-corrected chi connectivity index (χ3v) is 0.733. The van der Waals surface area contributed by atoms with Crippen molar-refractivity contribution in [3.8, 4) is 0 Å². The summed E-state index contributed by atoms with van der Waals surface area (Å²) in [6.07, 6.45) is 0. The molecule has 0 heterocycles. The molecule has 7 heteroatoms. The molecule has 0 aliphatic heterocycles. The normalized spacial score (nSPS) is 6.23. The van der Waals surface area contributed by atoms with Crippen molar-refractivity contribution in [1.82, 2.24) is 0 Å². The number of hydrogen-bond acceptors (Lipinski definition) is 1. The number of halogens is 3. The third kappa shape index (κ3) is 19.6. The van der Waals surface area contributed by atoms with Crippen LogP contribution in [0.4, 0.5) is 4.39 Å². The second-order valence-electron chi connectivity index (χ2n) is 1.70. The zero-order valence-corrected chi connectivity index (χ0v) is 14.6. The van der Waals surface area contributed by atoms with E-state index in [9.17, 15) is 4.39 Å². The molecule has 1 aromatic rings. The van der Waals surface area contributed by atoms with Crippen LogP contribution >= 0.6 is 0 Å². The maximum atomic E-state index is 11.9. The van der Waals surface area contributed by atoms with E-state index in [4.69, 9.17) is 0 Å². The van der Waals surface area contributed by atoms with Gasteiger partial charge in [-0.15, -0.1) is 0 Å². The summed E-state index contributed by atoms with van der Waals surface area (Å²) in [5, 5.41) is 0. The Kier molecular flexibility index (Phi) is 34.6. The zero-order chi connectivity index (χ0) is 7.82. The minimum Gasteiger partial charge on any atom is -1.00 e. The second-order valence-corrected chi connectivity index (χ2v) is 4.97. The van der Waals surface area contributed by atoms with Crippen LogP contribution < -0.4 is 24.8 Å². The van der Waals surface area contributed by atoms with Crippen molar-refractivity contribution in [3.05, 3.63) is 36.1 Å². The minimum atomic E-state index is -0.178. The summed E-state index contributed by atoms with van der Waals surface area (Å²) in [5.74, 6) is -0.178.